The summed E-state index contributed by atoms with van der Waals surface area (Å²) in [6, 6.07) is 12.1. The molecule has 142 valence electrons. The number of halogens is 2. The number of carboxylic acid groups (broad SMARTS) is 1. The van der Waals surface area contributed by atoms with Crippen molar-refractivity contribution in [1.29, 1.82) is 0 Å². The summed E-state index contributed by atoms with van der Waals surface area (Å²) in [6.07, 6.45) is 0. The first kappa shape index (κ1) is 18.1. The van der Waals surface area contributed by atoms with Gasteiger partial charge in [-0.2, -0.15) is 0 Å². The van der Waals surface area contributed by atoms with Gasteiger partial charge in [0.2, 0.25) is 0 Å². The van der Waals surface area contributed by atoms with Crippen LogP contribution in [0.2, 0.25) is 0 Å². The molecule has 4 rings (SSSR count). The molecule has 1 aliphatic heterocycles. The van der Waals surface area contributed by atoms with Crippen molar-refractivity contribution in [3.63, 3.8) is 0 Å². The predicted octanol–water partition coefficient (Wildman–Crippen LogP) is 3.51. The van der Waals surface area contributed by atoms with Gasteiger partial charge in [-0.05, 0) is 23.8 Å². The van der Waals surface area contributed by atoms with Crippen LogP contribution in [0.4, 0.5) is 8.78 Å². The van der Waals surface area contributed by atoms with E-state index in [0.717, 1.165) is 23.9 Å². The van der Waals surface area contributed by atoms with E-state index in [4.69, 9.17) is 5.11 Å². The number of carbonyl (C=O) groups is 1. The number of carboxylic acids is 1. The third-order valence-electron chi connectivity index (χ3n) is 4.24. The topological polar surface area (TPSA) is 87.1 Å². The number of aliphatic carboxylic acids is 1. The van der Waals surface area contributed by atoms with Gasteiger partial charge in [-0.1, -0.05) is 42.1 Å². The average molecular weight is 401 g/mol. The molecule has 2 aromatic carbocycles. The number of hydrogen-bond acceptors (Lipinski definition) is 4. The normalized spacial score (nSPS) is 15.9. The Hall–Kier alpha value is -3.33. The van der Waals surface area contributed by atoms with Crippen LogP contribution in [-0.2, 0) is 4.79 Å². The molecule has 0 fully saturated rings. The summed E-state index contributed by atoms with van der Waals surface area (Å²) in [7, 11) is 0. The lowest BCUT2D eigenvalue weighted by atomic mass is 10.0. The maximum Gasteiger partial charge on any atom is 0.352 e. The minimum atomic E-state index is -1.14. The fourth-order valence-electron chi connectivity index (χ4n) is 2.92. The number of nitrogens with one attached hydrogen (secondary N) is 2. The third kappa shape index (κ3) is 3.09. The number of aromatic amines is 1. The molecule has 0 radical (unpaired) electrons. The molecule has 9 heteroatoms. The molecular weight excluding hydrogens is 388 g/mol. The number of H-pyrrole nitrogens is 1. The van der Waals surface area contributed by atoms with E-state index >= 15 is 0 Å². The number of benzene rings is 2. The molecule has 0 bridgehead atoms. The minimum Gasteiger partial charge on any atom is -0.477 e. The van der Waals surface area contributed by atoms with Crippen molar-refractivity contribution in [2.75, 3.05) is 0 Å². The molecule has 1 aromatic heterocycles. The summed E-state index contributed by atoms with van der Waals surface area (Å²) in [5, 5.41) is 16.2. The molecule has 1 atom stereocenters. The number of thioether (sulfide) groups is 1. The fourth-order valence-corrected chi connectivity index (χ4v) is 3.82. The van der Waals surface area contributed by atoms with E-state index in [1.54, 1.807) is 30.3 Å². The summed E-state index contributed by atoms with van der Waals surface area (Å²) >= 11 is 1.11. The molecule has 28 heavy (non-hydrogen) atoms. The molecule has 1 aliphatic rings. The molecule has 3 N–H and O–H groups in total. The first-order valence-corrected chi connectivity index (χ1v) is 9.11. The van der Waals surface area contributed by atoms with E-state index in [9.17, 15) is 18.4 Å². The molecule has 0 amide bonds. The molecule has 3 aromatic rings. The van der Waals surface area contributed by atoms with Crippen LogP contribution in [0.15, 0.2) is 64.4 Å². The van der Waals surface area contributed by atoms with E-state index in [-0.39, 0.29) is 11.3 Å². The largest absolute Gasteiger partial charge is 0.477 e. The van der Waals surface area contributed by atoms with Crippen LogP contribution in [0.3, 0.4) is 0 Å². The van der Waals surface area contributed by atoms with Gasteiger partial charge in [0.15, 0.2) is 17.1 Å². The highest BCUT2D eigenvalue weighted by atomic mass is 32.2. The molecule has 0 spiro atoms. The zero-order chi connectivity index (χ0) is 19.8. The van der Waals surface area contributed by atoms with Crippen molar-refractivity contribution >= 4 is 17.7 Å². The van der Waals surface area contributed by atoms with Gasteiger partial charge < -0.3 is 10.4 Å². The zero-order valence-corrected chi connectivity index (χ0v) is 15.0. The van der Waals surface area contributed by atoms with Crippen LogP contribution in [0, 0.1) is 11.6 Å². The maximum absolute atomic E-state index is 13.8. The zero-order valence-electron chi connectivity index (χ0n) is 14.1. The Morgan fingerprint density at radius 1 is 1.07 bits per heavy atom. The summed E-state index contributed by atoms with van der Waals surface area (Å²) < 4.78 is 28.4. The predicted molar refractivity (Wildman–Crippen MR) is 101 cm³/mol. The standard InChI is InChI=1S/C19H13F2N3O3S/c20-12-7-6-11(8-13(12)21)16-15(10-4-2-1-3-5-10)17(25)24(23-16)19-22-14(9-28-19)18(26)27/h1-9,19,22-23H,(H,26,27). The van der Waals surface area contributed by atoms with Gasteiger partial charge in [0.25, 0.3) is 5.56 Å². The first-order chi connectivity index (χ1) is 13.5. The number of aromatic nitrogens is 2. The lowest BCUT2D eigenvalue weighted by Gasteiger charge is -2.12. The van der Waals surface area contributed by atoms with E-state index in [1.807, 2.05) is 0 Å². The van der Waals surface area contributed by atoms with Gasteiger partial charge in [0.1, 0.15) is 5.70 Å². The van der Waals surface area contributed by atoms with E-state index in [2.05, 4.69) is 10.4 Å². The Bertz CT molecular complexity index is 1150. The van der Waals surface area contributed by atoms with Crippen LogP contribution >= 0.6 is 11.8 Å². The highest BCUT2D eigenvalue weighted by molar-refractivity contribution is 8.02. The Balaban J connectivity index is 1.87. The van der Waals surface area contributed by atoms with Crippen LogP contribution in [0.25, 0.3) is 22.4 Å². The Morgan fingerprint density at radius 3 is 2.46 bits per heavy atom. The highest BCUT2D eigenvalue weighted by Gasteiger charge is 2.27. The Morgan fingerprint density at radius 2 is 1.82 bits per heavy atom. The van der Waals surface area contributed by atoms with E-state index < -0.39 is 28.7 Å². The SMILES string of the molecule is O=C(O)C1=CSC(n2[nH]c(-c3ccc(F)c(F)c3)c(-c3ccccc3)c2=O)N1. The van der Waals surface area contributed by atoms with Gasteiger partial charge in [-0.3, -0.25) is 9.89 Å². The summed E-state index contributed by atoms with van der Waals surface area (Å²) in [5.74, 6) is -3.16. The van der Waals surface area contributed by atoms with Crippen LogP contribution in [-0.4, -0.2) is 20.9 Å². The first-order valence-electron chi connectivity index (χ1n) is 8.16. The van der Waals surface area contributed by atoms with E-state index in [0.29, 0.717) is 16.8 Å². The van der Waals surface area contributed by atoms with Crippen molar-refractivity contribution < 1.29 is 18.7 Å². The quantitative estimate of drug-likeness (QED) is 0.623. The summed E-state index contributed by atoms with van der Waals surface area (Å²) in [6.45, 7) is 0. The van der Waals surface area contributed by atoms with Gasteiger partial charge in [0, 0.05) is 11.0 Å². The fraction of sp³-hybridized carbons (Fsp3) is 0.0526. The second-order valence-electron chi connectivity index (χ2n) is 6.00. The third-order valence-corrected chi connectivity index (χ3v) is 5.20. The number of hydrogen-bond donors (Lipinski definition) is 3. The van der Waals surface area contributed by atoms with Gasteiger partial charge in [-0.25, -0.2) is 18.3 Å². The Kier molecular flexibility index (Phi) is 4.52. The van der Waals surface area contributed by atoms with Crippen molar-refractivity contribution in [2.24, 2.45) is 0 Å². The van der Waals surface area contributed by atoms with Crippen molar-refractivity contribution in [2.45, 2.75) is 5.50 Å². The second-order valence-corrected chi connectivity index (χ2v) is 6.96. The molecular formula is C19H13F2N3O3S. The average Bonchev–Trinajstić information content (AvgIpc) is 3.29. The molecule has 0 aliphatic carbocycles. The molecule has 0 saturated carbocycles. The summed E-state index contributed by atoms with van der Waals surface area (Å²) in [5.41, 5.74) is 0.307. The molecule has 0 saturated heterocycles. The van der Waals surface area contributed by atoms with Gasteiger partial charge in [-0.15, -0.1) is 0 Å². The molecule has 2 heterocycles. The maximum atomic E-state index is 13.8. The summed E-state index contributed by atoms with van der Waals surface area (Å²) in [4.78, 5) is 24.2. The smallest absolute Gasteiger partial charge is 0.352 e. The monoisotopic (exact) mass is 401 g/mol. The molecule has 1 unspecified atom stereocenters. The van der Waals surface area contributed by atoms with Crippen molar-refractivity contribution in [3.8, 4) is 22.4 Å². The van der Waals surface area contributed by atoms with E-state index in [1.165, 1.54) is 16.2 Å². The van der Waals surface area contributed by atoms with Crippen LogP contribution < -0.4 is 10.9 Å². The number of nitrogens with zero attached hydrogens (tertiary/aromatic N) is 1. The van der Waals surface area contributed by atoms with Gasteiger partial charge >= 0.3 is 5.97 Å². The molecule has 6 nitrogen and oxygen atoms in total. The van der Waals surface area contributed by atoms with Crippen LogP contribution in [0.5, 0.6) is 0 Å². The second kappa shape index (κ2) is 7.01. The Labute approximate surface area is 161 Å². The lowest BCUT2D eigenvalue weighted by molar-refractivity contribution is -0.133. The minimum absolute atomic E-state index is 0.0351. The highest BCUT2D eigenvalue weighted by Crippen LogP contribution is 2.33. The van der Waals surface area contributed by atoms with Gasteiger partial charge in [0.05, 0.1) is 11.3 Å². The van der Waals surface area contributed by atoms with Crippen molar-refractivity contribution in [3.05, 3.63) is 81.6 Å². The lowest BCUT2D eigenvalue weighted by Crippen LogP contribution is -2.30. The van der Waals surface area contributed by atoms with Crippen LogP contribution in [0.1, 0.15) is 5.50 Å². The number of rotatable bonds is 4. The van der Waals surface area contributed by atoms with Crippen molar-refractivity contribution in [1.82, 2.24) is 15.1 Å².